The first-order valence-electron chi connectivity index (χ1n) is 4.37. The lowest BCUT2D eigenvalue weighted by atomic mass is 10.2. The van der Waals surface area contributed by atoms with E-state index in [4.69, 9.17) is 10.3 Å². The molecule has 1 rings (SSSR count). The number of carbonyl (C=O) groups is 1. The summed E-state index contributed by atoms with van der Waals surface area (Å²) in [6, 6.07) is -0.823. The van der Waals surface area contributed by atoms with E-state index in [9.17, 15) is 4.79 Å². The van der Waals surface area contributed by atoms with Gasteiger partial charge in [-0.2, -0.15) is 4.98 Å². The molecule has 2 atom stereocenters. The molecule has 1 unspecified atom stereocenters. The van der Waals surface area contributed by atoms with Crippen LogP contribution in [-0.4, -0.2) is 22.1 Å². The van der Waals surface area contributed by atoms with Crippen LogP contribution >= 0.6 is 0 Å². The van der Waals surface area contributed by atoms with Crippen molar-refractivity contribution in [1.29, 1.82) is 0 Å². The van der Waals surface area contributed by atoms with Gasteiger partial charge in [0.05, 0.1) is 12.1 Å². The number of nitrogens with two attached hydrogens (primary N) is 1. The summed E-state index contributed by atoms with van der Waals surface area (Å²) >= 11 is 0. The van der Waals surface area contributed by atoms with E-state index in [1.807, 2.05) is 0 Å². The lowest BCUT2D eigenvalue weighted by Crippen LogP contribution is -2.39. The van der Waals surface area contributed by atoms with Crippen molar-refractivity contribution in [3.8, 4) is 0 Å². The summed E-state index contributed by atoms with van der Waals surface area (Å²) < 4.78 is 4.78. The van der Waals surface area contributed by atoms with E-state index in [1.165, 1.54) is 0 Å². The van der Waals surface area contributed by atoms with Crippen LogP contribution in [0, 0.1) is 6.92 Å². The number of rotatable bonds is 3. The van der Waals surface area contributed by atoms with Gasteiger partial charge in [-0.25, -0.2) is 0 Å². The van der Waals surface area contributed by atoms with Crippen LogP contribution in [0.15, 0.2) is 4.52 Å². The lowest BCUT2D eigenvalue weighted by Gasteiger charge is -2.11. The van der Waals surface area contributed by atoms with E-state index in [1.54, 1.807) is 20.8 Å². The topological polar surface area (TPSA) is 94.0 Å². The summed E-state index contributed by atoms with van der Waals surface area (Å²) in [5.74, 6) is 0.693. The van der Waals surface area contributed by atoms with Crippen LogP contribution in [0.25, 0.3) is 0 Å². The molecule has 1 aromatic rings. The molecule has 6 heteroatoms. The Morgan fingerprint density at radius 1 is 1.57 bits per heavy atom. The van der Waals surface area contributed by atoms with E-state index < -0.39 is 6.04 Å². The summed E-state index contributed by atoms with van der Waals surface area (Å²) in [5.41, 5.74) is 5.39. The van der Waals surface area contributed by atoms with Gasteiger partial charge in [0.15, 0.2) is 5.82 Å². The number of hydrogen-bond acceptors (Lipinski definition) is 5. The van der Waals surface area contributed by atoms with Gasteiger partial charge in [0.2, 0.25) is 11.8 Å². The summed E-state index contributed by atoms with van der Waals surface area (Å²) in [4.78, 5) is 15.2. The van der Waals surface area contributed by atoms with Crippen LogP contribution in [-0.2, 0) is 4.79 Å². The Hall–Kier alpha value is -1.43. The SMILES string of the molecule is Cc1nc(C(C)NC(=O)[C@@H](C)N)no1. The van der Waals surface area contributed by atoms with Crippen molar-refractivity contribution >= 4 is 5.91 Å². The van der Waals surface area contributed by atoms with Crippen LogP contribution < -0.4 is 11.1 Å². The van der Waals surface area contributed by atoms with Crippen molar-refractivity contribution in [2.45, 2.75) is 32.9 Å². The number of amides is 1. The Balaban J connectivity index is 2.59. The standard InChI is InChI=1S/C8H14N4O2/c1-4(9)8(13)10-5(2)7-11-6(3)14-12-7/h4-5H,9H2,1-3H3,(H,10,13)/t4-,5?/m1/s1. The quantitative estimate of drug-likeness (QED) is 0.707. The van der Waals surface area contributed by atoms with Crippen LogP contribution in [0.5, 0.6) is 0 Å². The first kappa shape index (κ1) is 10.6. The fourth-order valence-electron chi connectivity index (χ4n) is 0.900. The second-order valence-electron chi connectivity index (χ2n) is 3.19. The van der Waals surface area contributed by atoms with Gasteiger partial charge in [0, 0.05) is 6.92 Å². The minimum absolute atomic E-state index is 0.236. The number of aromatic nitrogens is 2. The summed E-state index contributed by atoms with van der Waals surface area (Å²) in [6.45, 7) is 5.07. The smallest absolute Gasteiger partial charge is 0.237 e. The molecule has 3 N–H and O–H groups in total. The number of aryl methyl sites for hydroxylation is 1. The van der Waals surface area contributed by atoms with E-state index in [-0.39, 0.29) is 11.9 Å². The van der Waals surface area contributed by atoms with Gasteiger partial charge in [-0.1, -0.05) is 5.16 Å². The van der Waals surface area contributed by atoms with E-state index in [2.05, 4.69) is 15.5 Å². The maximum absolute atomic E-state index is 11.2. The van der Waals surface area contributed by atoms with Crippen LogP contribution in [0.2, 0.25) is 0 Å². The van der Waals surface area contributed by atoms with Gasteiger partial charge in [0.25, 0.3) is 0 Å². The van der Waals surface area contributed by atoms with E-state index >= 15 is 0 Å². The molecule has 0 bridgehead atoms. The molecule has 6 nitrogen and oxygen atoms in total. The molecule has 0 fully saturated rings. The highest BCUT2D eigenvalue weighted by Crippen LogP contribution is 2.07. The monoisotopic (exact) mass is 198 g/mol. The molecule has 0 saturated heterocycles. The highest BCUT2D eigenvalue weighted by atomic mass is 16.5. The number of nitrogens with zero attached hydrogens (tertiary/aromatic N) is 2. The van der Waals surface area contributed by atoms with Crippen molar-refractivity contribution in [1.82, 2.24) is 15.5 Å². The van der Waals surface area contributed by atoms with Crippen molar-refractivity contribution in [3.63, 3.8) is 0 Å². The van der Waals surface area contributed by atoms with Gasteiger partial charge in [-0.3, -0.25) is 4.79 Å². The third-order valence-corrected chi connectivity index (χ3v) is 1.70. The summed E-state index contributed by atoms with van der Waals surface area (Å²) in [7, 11) is 0. The molecule has 0 aromatic carbocycles. The second kappa shape index (κ2) is 4.19. The molecule has 0 aliphatic rings. The van der Waals surface area contributed by atoms with E-state index in [0.29, 0.717) is 11.7 Å². The van der Waals surface area contributed by atoms with Crippen molar-refractivity contribution in [3.05, 3.63) is 11.7 Å². The zero-order valence-corrected chi connectivity index (χ0v) is 8.44. The Labute approximate surface area is 81.9 Å². The molecule has 0 aliphatic heterocycles. The van der Waals surface area contributed by atoms with Gasteiger partial charge >= 0.3 is 0 Å². The molecule has 0 radical (unpaired) electrons. The zero-order valence-electron chi connectivity index (χ0n) is 8.44. The van der Waals surface area contributed by atoms with Gasteiger partial charge in [-0.15, -0.1) is 0 Å². The third-order valence-electron chi connectivity index (χ3n) is 1.70. The Bertz CT molecular complexity index is 321. The predicted octanol–water partition coefficient (Wildman–Crippen LogP) is -0.0976. The number of nitrogens with one attached hydrogen (secondary N) is 1. The largest absolute Gasteiger partial charge is 0.345 e. The molecule has 14 heavy (non-hydrogen) atoms. The van der Waals surface area contributed by atoms with Gasteiger partial charge < -0.3 is 15.6 Å². The molecular weight excluding hydrogens is 184 g/mol. The van der Waals surface area contributed by atoms with Crippen molar-refractivity contribution < 1.29 is 9.32 Å². The molecule has 1 heterocycles. The normalized spacial score (nSPS) is 14.9. The van der Waals surface area contributed by atoms with Crippen LogP contribution in [0.4, 0.5) is 0 Å². The minimum Gasteiger partial charge on any atom is -0.345 e. The lowest BCUT2D eigenvalue weighted by molar-refractivity contribution is -0.122. The predicted molar refractivity (Wildman–Crippen MR) is 49.2 cm³/mol. The Morgan fingerprint density at radius 2 is 2.21 bits per heavy atom. The van der Waals surface area contributed by atoms with Gasteiger partial charge in [0.1, 0.15) is 0 Å². The van der Waals surface area contributed by atoms with Crippen molar-refractivity contribution in [2.75, 3.05) is 0 Å². The number of hydrogen-bond donors (Lipinski definition) is 2. The first-order valence-corrected chi connectivity index (χ1v) is 4.37. The molecular formula is C8H14N4O2. The molecule has 0 aliphatic carbocycles. The highest BCUT2D eigenvalue weighted by Gasteiger charge is 2.16. The second-order valence-corrected chi connectivity index (χ2v) is 3.19. The average molecular weight is 198 g/mol. The fourth-order valence-corrected chi connectivity index (χ4v) is 0.900. The zero-order chi connectivity index (χ0) is 10.7. The van der Waals surface area contributed by atoms with Crippen LogP contribution in [0.1, 0.15) is 31.6 Å². The Kier molecular flexibility index (Phi) is 3.19. The summed E-state index contributed by atoms with van der Waals surface area (Å²) in [6.07, 6.45) is 0. The maximum atomic E-state index is 11.2. The maximum Gasteiger partial charge on any atom is 0.237 e. The molecule has 0 spiro atoms. The number of carbonyl (C=O) groups excluding carboxylic acids is 1. The van der Waals surface area contributed by atoms with Gasteiger partial charge in [-0.05, 0) is 13.8 Å². The van der Waals surface area contributed by atoms with Crippen molar-refractivity contribution in [2.24, 2.45) is 5.73 Å². The first-order chi connectivity index (χ1) is 6.50. The Morgan fingerprint density at radius 3 is 2.64 bits per heavy atom. The van der Waals surface area contributed by atoms with E-state index in [0.717, 1.165) is 0 Å². The molecule has 0 saturated carbocycles. The summed E-state index contributed by atoms with van der Waals surface area (Å²) in [5, 5.41) is 6.35. The highest BCUT2D eigenvalue weighted by molar-refractivity contribution is 5.81. The minimum atomic E-state index is -0.537. The molecule has 1 aromatic heterocycles. The molecule has 1 amide bonds. The fraction of sp³-hybridized carbons (Fsp3) is 0.625. The van der Waals surface area contributed by atoms with Crippen LogP contribution in [0.3, 0.4) is 0 Å². The average Bonchev–Trinajstić information content (AvgIpc) is 2.51. The molecule has 78 valence electrons. The third kappa shape index (κ3) is 2.53.